The molecule has 0 fully saturated rings. The smallest absolute Gasteiger partial charge is 0.223 e. The molecule has 0 unspecified atom stereocenters. The molecule has 1 aliphatic heterocycles. The number of hydrogen-bond donors (Lipinski definition) is 0. The molecule has 0 aliphatic carbocycles. The zero-order chi connectivity index (χ0) is 53.3. The normalized spacial score (nSPS) is 12.7. The highest BCUT2D eigenvalue weighted by atomic mass is 15.2. The van der Waals surface area contributed by atoms with Crippen LogP contribution in [0.1, 0.15) is 357 Å². The monoisotopic (exact) mass is 1010 g/mol. The van der Waals surface area contributed by atoms with Gasteiger partial charge in [-0.25, -0.2) is 4.70 Å². The summed E-state index contributed by atoms with van der Waals surface area (Å²) in [5.74, 6) is 7.73. The highest BCUT2D eigenvalue weighted by molar-refractivity contribution is 5.86. The Morgan fingerprint density at radius 1 is 0.311 bits per heavy atom. The predicted molar refractivity (Wildman–Crippen MR) is 330 cm³/mol. The van der Waals surface area contributed by atoms with Crippen molar-refractivity contribution in [2.24, 2.45) is 0 Å². The molecule has 1 aliphatic rings. The zero-order valence-electron chi connectivity index (χ0n) is 50.7. The zero-order valence-corrected chi connectivity index (χ0v) is 50.7. The molecule has 2 aromatic rings. The highest BCUT2D eigenvalue weighted by Gasteiger charge is 2.36. The lowest BCUT2D eigenvalue weighted by atomic mass is 9.86. The first-order chi connectivity index (χ1) is 36.4. The summed E-state index contributed by atoms with van der Waals surface area (Å²) in [6.45, 7) is 18.7. The van der Waals surface area contributed by atoms with Crippen molar-refractivity contribution < 1.29 is 4.70 Å². The van der Waals surface area contributed by atoms with Gasteiger partial charge in [-0.1, -0.05) is 260 Å². The third-order valence-electron chi connectivity index (χ3n) is 16.6. The molecule has 418 valence electrons. The second-order valence-corrected chi connectivity index (χ2v) is 23.3. The summed E-state index contributed by atoms with van der Waals surface area (Å²) in [5, 5.41) is 0. The lowest BCUT2D eigenvalue weighted by Crippen LogP contribution is -2.09. The van der Waals surface area contributed by atoms with Crippen molar-refractivity contribution in [3.8, 4) is 11.8 Å². The van der Waals surface area contributed by atoms with Gasteiger partial charge in [-0.15, -0.1) is 0 Å². The average Bonchev–Trinajstić information content (AvgIpc) is 3.68. The number of hydrogen-bond acceptors (Lipinski definition) is 0. The van der Waals surface area contributed by atoms with Gasteiger partial charge < -0.3 is 5.53 Å². The maximum atomic E-state index is 13.3. The van der Waals surface area contributed by atoms with Crippen LogP contribution in [-0.4, -0.2) is 4.70 Å². The first-order valence-electron chi connectivity index (χ1n) is 33.2. The van der Waals surface area contributed by atoms with Crippen LogP contribution in [0.3, 0.4) is 0 Å². The van der Waals surface area contributed by atoms with E-state index in [1.54, 1.807) is 27.0 Å². The van der Waals surface area contributed by atoms with Crippen LogP contribution in [0.15, 0.2) is 35.4 Å². The van der Waals surface area contributed by atoms with Crippen molar-refractivity contribution in [2.75, 3.05) is 0 Å². The number of allylic oxidation sites excluding steroid dienone is 2. The molecular formula is C72H120N2. The van der Waals surface area contributed by atoms with Gasteiger partial charge in [0.2, 0.25) is 11.4 Å². The van der Waals surface area contributed by atoms with Crippen molar-refractivity contribution in [1.29, 1.82) is 0 Å². The second-order valence-electron chi connectivity index (χ2n) is 23.3. The maximum absolute atomic E-state index is 13.3. The minimum Gasteiger partial charge on any atom is -0.493 e. The van der Waals surface area contributed by atoms with Gasteiger partial charge in [0.15, 0.2) is 0 Å². The summed E-state index contributed by atoms with van der Waals surface area (Å²) in [4.78, 5) is 0. The van der Waals surface area contributed by atoms with E-state index in [4.69, 9.17) is 0 Å². The Labute approximate surface area is 461 Å². The molecule has 0 bridgehead atoms. The molecule has 0 saturated heterocycles. The number of aryl methyl sites for hydroxylation is 4. The third kappa shape index (κ3) is 25.0. The van der Waals surface area contributed by atoms with Gasteiger partial charge in [-0.05, 0) is 154 Å². The van der Waals surface area contributed by atoms with E-state index in [2.05, 4.69) is 91.5 Å². The summed E-state index contributed by atoms with van der Waals surface area (Å²) in [6, 6.07) is 10.2. The molecule has 2 heteroatoms. The largest absolute Gasteiger partial charge is 0.493 e. The molecule has 0 radical (unpaired) electrons. The topological polar surface area (TPSA) is 25.3 Å². The summed E-state index contributed by atoms with van der Waals surface area (Å²) < 4.78 is 1.69. The van der Waals surface area contributed by atoms with Crippen LogP contribution in [0, 0.1) is 11.8 Å². The van der Waals surface area contributed by atoms with Crippen molar-refractivity contribution in [3.63, 3.8) is 0 Å². The van der Waals surface area contributed by atoms with Gasteiger partial charge in [0.1, 0.15) is 5.57 Å². The van der Waals surface area contributed by atoms with Crippen molar-refractivity contribution >= 4 is 11.4 Å². The Balaban J connectivity index is 2.13. The Hall–Kier alpha value is -2.92. The Kier molecular flexibility index (Phi) is 38.1. The fourth-order valence-corrected chi connectivity index (χ4v) is 11.9. The Bertz CT molecular complexity index is 1850. The van der Waals surface area contributed by atoms with Gasteiger partial charge in [-0.3, -0.25) is 0 Å². The molecule has 0 spiro atoms. The van der Waals surface area contributed by atoms with Crippen LogP contribution in [0.5, 0.6) is 0 Å². The molecule has 2 aromatic carbocycles. The Morgan fingerprint density at radius 3 is 0.986 bits per heavy atom. The molecule has 3 rings (SSSR count). The SMILES string of the molecule is CCCCCCCCCCCCCCCCCCC#CC1=C(c2cc(CCCC)c(CCCC)c(CCCC)c2)[N+](=[N-])C(c2cc(CCCCCC)c(CCCCCC)c(CCCCCC)c2)=C1CCCCCC. The maximum Gasteiger partial charge on any atom is 0.223 e. The summed E-state index contributed by atoms with van der Waals surface area (Å²) in [7, 11) is 0. The first-order valence-corrected chi connectivity index (χ1v) is 33.2. The van der Waals surface area contributed by atoms with E-state index in [1.165, 1.54) is 265 Å². The molecule has 0 atom stereocenters. The molecule has 0 N–H and O–H groups in total. The third-order valence-corrected chi connectivity index (χ3v) is 16.6. The van der Waals surface area contributed by atoms with Gasteiger partial charge in [0.05, 0.1) is 0 Å². The van der Waals surface area contributed by atoms with E-state index in [0.29, 0.717) is 0 Å². The van der Waals surface area contributed by atoms with Crippen LogP contribution in [-0.2, 0) is 38.5 Å². The number of rotatable bonds is 47. The summed E-state index contributed by atoms with van der Waals surface area (Å²) in [5.41, 5.74) is 29.5. The predicted octanol–water partition coefficient (Wildman–Crippen LogP) is 23.9. The van der Waals surface area contributed by atoms with Crippen LogP contribution in [0.2, 0.25) is 0 Å². The van der Waals surface area contributed by atoms with Crippen molar-refractivity contribution in [3.05, 3.63) is 85.5 Å². The van der Waals surface area contributed by atoms with E-state index < -0.39 is 0 Å². The van der Waals surface area contributed by atoms with Crippen LogP contribution >= 0.6 is 0 Å². The fraction of sp³-hybridized carbons (Fsp3) is 0.750. The average molecular weight is 1010 g/mol. The van der Waals surface area contributed by atoms with Gasteiger partial charge >= 0.3 is 0 Å². The molecular weight excluding hydrogens is 893 g/mol. The minimum absolute atomic E-state index is 0.926. The molecule has 0 aromatic heterocycles. The summed E-state index contributed by atoms with van der Waals surface area (Å²) >= 11 is 0. The molecule has 74 heavy (non-hydrogen) atoms. The van der Waals surface area contributed by atoms with E-state index in [9.17, 15) is 5.53 Å². The minimum atomic E-state index is 0.926. The standard InChI is InChI=1S/C72H120N2/c1-9-17-25-30-31-32-33-34-35-36-37-38-39-40-41-42-43-48-56-70-69(55-47-29-21-13-5)72(74(73)71(70)65-57-61(49-22-14-6)67(53-24-16-8)62(58-65)50-23-15-7)66-59-63(51-44-26-18-10-2)68(54-46-28-20-12-4)64(60-66)52-45-27-19-11-3/h57-60H,9-47,49-55H2,1-8H3. The van der Waals surface area contributed by atoms with Crippen LogP contribution < -0.4 is 0 Å². The van der Waals surface area contributed by atoms with Crippen LogP contribution in [0.25, 0.3) is 16.9 Å². The Morgan fingerprint density at radius 2 is 0.595 bits per heavy atom. The van der Waals surface area contributed by atoms with E-state index in [0.717, 1.165) is 74.8 Å². The van der Waals surface area contributed by atoms with Crippen molar-refractivity contribution in [1.82, 2.24) is 0 Å². The molecule has 2 nitrogen and oxygen atoms in total. The number of benzene rings is 2. The van der Waals surface area contributed by atoms with Crippen LogP contribution in [0.4, 0.5) is 0 Å². The molecule has 1 heterocycles. The second kappa shape index (κ2) is 43.1. The van der Waals surface area contributed by atoms with Crippen molar-refractivity contribution in [2.45, 2.75) is 351 Å². The lowest BCUT2D eigenvalue weighted by molar-refractivity contribution is -0.345. The quantitative estimate of drug-likeness (QED) is 0.0359. The number of unbranched alkanes of at least 4 members (excludes halogenated alkanes) is 31. The van der Waals surface area contributed by atoms with E-state index >= 15 is 0 Å². The van der Waals surface area contributed by atoms with Gasteiger partial charge in [0, 0.05) is 23.1 Å². The fourth-order valence-electron chi connectivity index (χ4n) is 11.9. The highest BCUT2D eigenvalue weighted by Crippen LogP contribution is 2.45. The molecule has 0 amide bonds. The van der Waals surface area contributed by atoms with Gasteiger partial charge in [-0.2, -0.15) is 0 Å². The molecule has 0 saturated carbocycles. The van der Waals surface area contributed by atoms with E-state index in [-0.39, 0.29) is 0 Å². The van der Waals surface area contributed by atoms with E-state index in [1.807, 2.05) is 0 Å². The summed E-state index contributed by atoms with van der Waals surface area (Å²) in [6.07, 6.45) is 58.3. The van der Waals surface area contributed by atoms with Gasteiger partial charge in [0.25, 0.3) is 0 Å². The first kappa shape index (κ1) is 65.4. The lowest BCUT2D eigenvalue weighted by Gasteiger charge is -2.20. The number of nitrogens with zero attached hydrogens (tertiary/aromatic N) is 2.